The number of anilines is 1. The topological polar surface area (TPSA) is 41.3 Å². The van der Waals surface area contributed by atoms with Crippen molar-refractivity contribution >= 4 is 46.4 Å². The summed E-state index contributed by atoms with van der Waals surface area (Å²) in [5, 5.41) is 5.33. The molecule has 1 saturated heterocycles. The number of hydrogen-bond acceptors (Lipinski definition) is 4. The summed E-state index contributed by atoms with van der Waals surface area (Å²) in [5.74, 6) is 0.429. The van der Waals surface area contributed by atoms with Crippen molar-refractivity contribution in [1.82, 2.24) is 10.3 Å². The van der Waals surface area contributed by atoms with Crippen molar-refractivity contribution in [1.29, 1.82) is 0 Å². The zero-order chi connectivity index (χ0) is 22.1. The van der Waals surface area contributed by atoms with E-state index in [1.807, 2.05) is 59.5 Å². The molecule has 32 heavy (non-hydrogen) atoms. The molecule has 8 heteroatoms. The first-order valence-electron chi connectivity index (χ1n) is 9.88. The van der Waals surface area contributed by atoms with Gasteiger partial charge in [-0.1, -0.05) is 29.4 Å². The number of rotatable bonds is 5. The Bertz CT molecular complexity index is 1230. The molecule has 1 aliphatic rings. The maximum atomic E-state index is 13.6. The molecule has 2 aromatic heterocycles. The number of pyridine rings is 1. The van der Waals surface area contributed by atoms with Crippen LogP contribution < -0.4 is 10.2 Å². The summed E-state index contributed by atoms with van der Waals surface area (Å²) in [6.45, 7) is 0. The molecule has 1 N–H and O–H groups in total. The summed E-state index contributed by atoms with van der Waals surface area (Å²) < 4.78 is 19.8. The molecule has 0 bridgehead atoms. The van der Waals surface area contributed by atoms with Gasteiger partial charge in [0, 0.05) is 21.8 Å². The average molecular weight is 482 g/mol. The summed E-state index contributed by atoms with van der Waals surface area (Å²) in [6, 6.07) is 23.0. The number of aromatic nitrogens is 1. The first-order chi connectivity index (χ1) is 15.6. The molecular weight excluding hydrogens is 465 g/mol. The number of benzene rings is 2. The minimum absolute atomic E-state index is 0.228. The van der Waals surface area contributed by atoms with Crippen molar-refractivity contribution in [2.75, 3.05) is 4.90 Å². The fourth-order valence-electron chi connectivity index (χ4n) is 3.69. The predicted octanol–water partition coefficient (Wildman–Crippen LogP) is 6.80. The zero-order valence-electron chi connectivity index (χ0n) is 16.6. The number of hydrogen-bond donors (Lipinski definition) is 1. The zero-order valence-corrected chi connectivity index (χ0v) is 19.0. The van der Waals surface area contributed by atoms with Crippen LogP contribution in [-0.4, -0.2) is 10.1 Å². The SMILES string of the molecule is Fc1ccc(N2C(=S)N[C@H](c3ccccn3)[C@H]2c2ccc(Sc3ccc(Cl)cc3)o2)cc1. The number of halogens is 2. The molecule has 0 unspecified atom stereocenters. The van der Waals surface area contributed by atoms with E-state index in [9.17, 15) is 4.39 Å². The van der Waals surface area contributed by atoms with Crippen molar-refractivity contribution in [2.45, 2.75) is 22.1 Å². The summed E-state index contributed by atoms with van der Waals surface area (Å²) in [7, 11) is 0. The Hall–Kier alpha value is -2.87. The van der Waals surface area contributed by atoms with Gasteiger partial charge < -0.3 is 14.6 Å². The van der Waals surface area contributed by atoms with E-state index >= 15 is 0 Å². The summed E-state index contributed by atoms with van der Waals surface area (Å²) in [5.41, 5.74) is 1.61. The van der Waals surface area contributed by atoms with E-state index in [1.54, 1.807) is 18.3 Å². The number of furan rings is 1. The molecule has 4 nitrogen and oxygen atoms in total. The first kappa shape index (κ1) is 21.0. The lowest BCUT2D eigenvalue weighted by Crippen LogP contribution is -2.29. The quantitative estimate of drug-likeness (QED) is 0.316. The summed E-state index contributed by atoms with van der Waals surface area (Å²) >= 11 is 13.2. The van der Waals surface area contributed by atoms with Crippen molar-refractivity contribution in [3.05, 3.63) is 107 Å². The minimum Gasteiger partial charge on any atom is -0.452 e. The molecule has 0 spiro atoms. The molecule has 0 aliphatic carbocycles. The second-order valence-corrected chi connectivity index (χ2v) is 9.09. The van der Waals surface area contributed by atoms with Gasteiger partial charge in [-0.25, -0.2) is 4.39 Å². The maximum absolute atomic E-state index is 13.6. The highest BCUT2D eigenvalue weighted by molar-refractivity contribution is 7.99. The Balaban J connectivity index is 1.52. The van der Waals surface area contributed by atoms with Gasteiger partial charge in [-0.2, -0.15) is 0 Å². The van der Waals surface area contributed by atoms with Crippen molar-refractivity contribution in [3.8, 4) is 0 Å². The van der Waals surface area contributed by atoms with Crippen LogP contribution in [0.1, 0.15) is 23.5 Å². The Morgan fingerprint density at radius 3 is 2.50 bits per heavy atom. The van der Waals surface area contributed by atoms with Crippen LogP contribution in [0.3, 0.4) is 0 Å². The second kappa shape index (κ2) is 8.94. The van der Waals surface area contributed by atoms with Crippen molar-refractivity contribution in [3.63, 3.8) is 0 Å². The summed E-state index contributed by atoms with van der Waals surface area (Å²) in [4.78, 5) is 7.50. The second-order valence-electron chi connectivity index (χ2n) is 7.19. The maximum Gasteiger partial charge on any atom is 0.174 e. The molecule has 4 aromatic rings. The van der Waals surface area contributed by atoms with Crippen LogP contribution >= 0.6 is 35.6 Å². The van der Waals surface area contributed by atoms with E-state index in [0.29, 0.717) is 10.1 Å². The largest absolute Gasteiger partial charge is 0.452 e. The third-order valence-electron chi connectivity index (χ3n) is 5.13. The number of nitrogens with zero attached hydrogens (tertiary/aromatic N) is 2. The molecule has 1 fully saturated rings. The van der Waals surface area contributed by atoms with Crippen LogP contribution in [0.2, 0.25) is 5.02 Å². The van der Waals surface area contributed by atoms with Crippen LogP contribution in [0.5, 0.6) is 0 Å². The van der Waals surface area contributed by atoms with Gasteiger partial charge in [0.05, 0.1) is 11.7 Å². The van der Waals surface area contributed by atoms with E-state index in [2.05, 4.69) is 10.3 Å². The van der Waals surface area contributed by atoms with Gasteiger partial charge in [-0.15, -0.1) is 0 Å². The van der Waals surface area contributed by atoms with Gasteiger partial charge in [-0.05, 0) is 85.0 Å². The number of thiocarbonyl (C=S) groups is 1. The van der Waals surface area contributed by atoms with E-state index in [1.165, 1.54) is 23.9 Å². The van der Waals surface area contributed by atoms with E-state index in [-0.39, 0.29) is 17.9 Å². The monoisotopic (exact) mass is 481 g/mol. The molecule has 0 radical (unpaired) electrons. The van der Waals surface area contributed by atoms with Crippen molar-refractivity contribution < 1.29 is 8.81 Å². The van der Waals surface area contributed by atoms with E-state index < -0.39 is 0 Å². The molecule has 160 valence electrons. The highest BCUT2D eigenvalue weighted by atomic mass is 35.5. The Kier molecular flexibility index (Phi) is 5.87. The van der Waals surface area contributed by atoms with Gasteiger partial charge in [0.15, 0.2) is 10.2 Å². The van der Waals surface area contributed by atoms with E-state index in [0.717, 1.165) is 27.1 Å². The first-order valence-corrected chi connectivity index (χ1v) is 11.5. The van der Waals surface area contributed by atoms with Gasteiger partial charge in [0.25, 0.3) is 0 Å². The molecule has 1 aliphatic heterocycles. The predicted molar refractivity (Wildman–Crippen MR) is 129 cm³/mol. The number of nitrogens with one attached hydrogen (secondary N) is 1. The third-order valence-corrected chi connectivity index (χ3v) is 6.62. The van der Waals surface area contributed by atoms with Crippen molar-refractivity contribution in [2.24, 2.45) is 0 Å². The lowest BCUT2D eigenvalue weighted by Gasteiger charge is -2.26. The van der Waals surface area contributed by atoms with Gasteiger partial charge in [0.2, 0.25) is 0 Å². The average Bonchev–Trinajstić information content (AvgIpc) is 3.40. The van der Waals surface area contributed by atoms with Crippen LogP contribution in [0.4, 0.5) is 10.1 Å². The molecule has 2 aromatic carbocycles. The van der Waals surface area contributed by atoms with Gasteiger partial charge in [-0.3, -0.25) is 4.98 Å². The lowest BCUT2D eigenvalue weighted by atomic mass is 10.0. The molecule has 3 heterocycles. The van der Waals surface area contributed by atoms with Crippen LogP contribution in [0, 0.1) is 5.82 Å². The normalized spacial score (nSPS) is 18.1. The molecule has 5 rings (SSSR count). The minimum atomic E-state index is -0.302. The highest BCUT2D eigenvalue weighted by Gasteiger charge is 2.42. The molecule has 2 atom stereocenters. The van der Waals surface area contributed by atoms with Gasteiger partial charge >= 0.3 is 0 Å². The van der Waals surface area contributed by atoms with Crippen LogP contribution in [0.25, 0.3) is 0 Å². The van der Waals surface area contributed by atoms with E-state index in [4.69, 9.17) is 28.2 Å². The Morgan fingerprint density at radius 2 is 1.78 bits per heavy atom. The van der Waals surface area contributed by atoms with Crippen LogP contribution in [-0.2, 0) is 0 Å². The Labute approximate surface area is 199 Å². The standard InChI is InChI=1S/C24H17ClFN3OS2/c25-15-4-10-18(11-5-15)32-21-13-12-20(30-21)23-22(19-3-1-2-14-27-19)28-24(31)29(23)17-8-6-16(26)7-9-17/h1-14,22-23H,(H,28,31)/t22-,23-/m1/s1. The lowest BCUT2D eigenvalue weighted by molar-refractivity contribution is 0.383. The smallest absolute Gasteiger partial charge is 0.174 e. The van der Waals surface area contributed by atoms with Crippen LogP contribution in [0.15, 0.2) is 99.5 Å². The third kappa shape index (κ3) is 4.24. The molecular formula is C24H17ClFN3OS2. The summed E-state index contributed by atoms with van der Waals surface area (Å²) in [6.07, 6.45) is 1.75. The fraction of sp³-hybridized carbons (Fsp3) is 0.0833. The van der Waals surface area contributed by atoms with Gasteiger partial charge in [0.1, 0.15) is 17.6 Å². The molecule has 0 amide bonds. The Morgan fingerprint density at radius 1 is 1.00 bits per heavy atom. The fourth-order valence-corrected chi connectivity index (χ4v) is 4.94. The highest BCUT2D eigenvalue weighted by Crippen LogP contribution is 2.43. The molecule has 0 saturated carbocycles.